The third-order valence-electron chi connectivity index (χ3n) is 3.84. The molecule has 0 saturated carbocycles. The van der Waals surface area contributed by atoms with E-state index < -0.39 is 6.09 Å². The lowest BCUT2D eigenvalue weighted by atomic mass is 9.95. The van der Waals surface area contributed by atoms with Gasteiger partial charge >= 0.3 is 6.09 Å². The molecule has 0 spiro atoms. The molecule has 0 aliphatic carbocycles. The van der Waals surface area contributed by atoms with Gasteiger partial charge in [0, 0.05) is 19.1 Å². The summed E-state index contributed by atoms with van der Waals surface area (Å²) < 4.78 is 8.52. The Bertz CT molecular complexity index is 753. The van der Waals surface area contributed by atoms with Crippen LogP contribution in [-0.4, -0.2) is 39.1 Å². The molecule has 2 N–H and O–H groups in total. The molecule has 7 nitrogen and oxygen atoms in total. The van der Waals surface area contributed by atoms with Crippen LogP contribution < -0.4 is 10.2 Å². The van der Waals surface area contributed by atoms with Gasteiger partial charge in [0.15, 0.2) is 0 Å². The minimum atomic E-state index is -1.00. The zero-order valence-electron chi connectivity index (χ0n) is 12.0. The number of anilines is 1. The van der Waals surface area contributed by atoms with E-state index in [1.807, 2.05) is 6.07 Å². The molecular formula is C14H15N5O2S. The van der Waals surface area contributed by atoms with Gasteiger partial charge in [-0.15, -0.1) is 0 Å². The van der Waals surface area contributed by atoms with E-state index >= 15 is 0 Å². The highest BCUT2D eigenvalue weighted by molar-refractivity contribution is 7.00. The highest BCUT2D eigenvalue weighted by Gasteiger charge is 2.27. The first-order valence-corrected chi connectivity index (χ1v) is 7.71. The third-order valence-corrected chi connectivity index (χ3v) is 4.37. The molecule has 0 radical (unpaired) electrons. The number of aromatic nitrogens is 2. The minimum absolute atomic E-state index is 0.112. The average molecular weight is 317 g/mol. The van der Waals surface area contributed by atoms with Crippen molar-refractivity contribution >= 4 is 34.5 Å². The van der Waals surface area contributed by atoms with E-state index in [2.05, 4.69) is 32.0 Å². The number of nitrogens with one attached hydrogen (secondary N) is 1. The highest BCUT2D eigenvalue weighted by atomic mass is 32.1. The summed E-state index contributed by atoms with van der Waals surface area (Å²) in [6.07, 6.45) is -0.184. The molecule has 114 valence electrons. The van der Waals surface area contributed by atoms with Crippen LogP contribution in [0.4, 0.5) is 10.5 Å². The number of rotatable bonds is 2. The summed E-state index contributed by atoms with van der Waals surface area (Å²) in [6.45, 7) is 3.52. The van der Waals surface area contributed by atoms with E-state index in [0.717, 1.165) is 30.4 Å². The molecule has 3 rings (SSSR count). The van der Waals surface area contributed by atoms with Crippen molar-refractivity contribution in [2.45, 2.75) is 19.4 Å². The zero-order chi connectivity index (χ0) is 15.7. The molecule has 2 aromatic rings. The zero-order valence-corrected chi connectivity index (χ0v) is 12.8. The van der Waals surface area contributed by atoms with E-state index in [9.17, 15) is 4.79 Å². The van der Waals surface area contributed by atoms with Gasteiger partial charge in [-0.1, -0.05) is 6.92 Å². The van der Waals surface area contributed by atoms with Crippen LogP contribution in [0.5, 0.6) is 0 Å². The lowest BCUT2D eigenvalue weighted by molar-refractivity contribution is 0.186. The fraction of sp³-hybridized carbons (Fsp3) is 0.429. The molecule has 1 amide bonds. The maximum absolute atomic E-state index is 10.9. The number of hydrogen-bond acceptors (Lipinski definition) is 6. The summed E-state index contributed by atoms with van der Waals surface area (Å²) in [6, 6.07) is 5.63. The Morgan fingerprint density at radius 1 is 1.45 bits per heavy atom. The topological polar surface area (TPSA) is 102 Å². The van der Waals surface area contributed by atoms with Gasteiger partial charge in [0.1, 0.15) is 17.1 Å². The van der Waals surface area contributed by atoms with Crippen molar-refractivity contribution in [2.75, 3.05) is 18.0 Å². The molecule has 0 unspecified atom stereocenters. The normalized spacial score (nSPS) is 21.5. The van der Waals surface area contributed by atoms with Crippen molar-refractivity contribution in [3.63, 3.8) is 0 Å². The van der Waals surface area contributed by atoms with E-state index in [0.29, 0.717) is 29.1 Å². The van der Waals surface area contributed by atoms with E-state index in [-0.39, 0.29) is 6.04 Å². The summed E-state index contributed by atoms with van der Waals surface area (Å²) in [7, 11) is 0. The molecule has 1 aromatic heterocycles. The first-order valence-electron chi connectivity index (χ1n) is 6.98. The molecule has 2 heterocycles. The van der Waals surface area contributed by atoms with Crippen LogP contribution in [0.15, 0.2) is 12.1 Å². The third kappa shape index (κ3) is 2.67. The molecule has 1 fully saturated rings. The molecule has 22 heavy (non-hydrogen) atoms. The number of carbonyl (C=O) groups is 1. The Morgan fingerprint density at radius 3 is 2.95 bits per heavy atom. The molecule has 2 atom stereocenters. The molecule has 1 aromatic carbocycles. The van der Waals surface area contributed by atoms with E-state index in [4.69, 9.17) is 10.4 Å². The van der Waals surface area contributed by atoms with Crippen molar-refractivity contribution in [3.8, 4) is 6.07 Å². The SMILES string of the molecule is C[C@H]1C[C@@H](NC(=O)O)CN(c2ccc(C#N)c3nsnc23)C1. The quantitative estimate of drug-likeness (QED) is 0.879. The van der Waals surface area contributed by atoms with Crippen molar-refractivity contribution in [1.82, 2.24) is 14.1 Å². The van der Waals surface area contributed by atoms with Gasteiger partial charge in [0.05, 0.1) is 23.0 Å². The lowest BCUT2D eigenvalue weighted by Gasteiger charge is -2.37. The summed E-state index contributed by atoms with van der Waals surface area (Å²) >= 11 is 1.09. The molecular weight excluding hydrogens is 302 g/mol. The monoisotopic (exact) mass is 317 g/mol. The summed E-state index contributed by atoms with van der Waals surface area (Å²) in [5.41, 5.74) is 2.75. The molecule has 8 heteroatoms. The predicted octanol–water partition coefficient (Wildman–Crippen LogP) is 2.05. The Labute approximate surface area is 131 Å². The molecule has 1 aliphatic heterocycles. The van der Waals surface area contributed by atoms with Crippen LogP contribution >= 0.6 is 11.7 Å². The van der Waals surface area contributed by atoms with Gasteiger partial charge in [-0.3, -0.25) is 0 Å². The Morgan fingerprint density at radius 2 is 2.23 bits per heavy atom. The van der Waals surface area contributed by atoms with Gasteiger partial charge in [-0.2, -0.15) is 14.0 Å². The minimum Gasteiger partial charge on any atom is -0.465 e. The number of piperidine rings is 1. The maximum atomic E-state index is 10.9. The van der Waals surface area contributed by atoms with E-state index in [1.165, 1.54) is 0 Å². The van der Waals surface area contributed by atoms with Gasteiger partial charge < -0.3 is 15.3 Å². The number of amides is 1. The number of carboxylic acid groups (broad SMARTS) is 1. The van der Waals surface area contributed by atoms with Gasteiger partial charge in [0.25, 0.3) is 0 Å². The second-order valence-electron chi connectivity index (χ2n) is 5.60. The van der Waals surface area contributed by atoms with Crippen LogP contribution in [0.2, 0.25) is 0 Å². The Kier molecular flexibility index (Phi) is 3.81. The largest absolute Gasteiger partial charge is 0.465 e. The van der Waals surface area contributed by atoms with Crippen LogP contribution in [-0.2, 0) is 0 Å². The van der Waals surface area contributed by atoms with Crippen molar-refractivity contribution in [3.05, 3.63) is 17.7 Å². The smallest absolute Gasteiger partial charge is 0.404 e. The van der Waals surface area contributed by atoms with Crippen molar-refractivity contribution < 1.29 is 9.90 Å². The fourth-order valence-corrected chi connectivity index (χ4v) is 3.60. The first kappa shape index (κ1) is 14.5. The van der Waals surface area contributed by atoms with Crippen molar-refractivity contribution in [2.24, 2.45) is 5.92 Å². The Hall–Kier alpha value is -2.40. The molecule has 1 saturated heterocycles. The van der Waals surface area contributed by atoms with Crippen LogP contribution in [0.1, 0.15) is 18.9 Å². The lowest BCUT2D eigenvalue weighted by Crippen LogP contribution is -2.50. The second-order valence-corrected chi connectivity index (χ2v) is 6.13. The van der Waals surface area contributed by atoms with Crippen LogP contribution in [0, 0.1) is 17.2 Å². The number of hydrogen-bond donors (Lipinski definition) is 2. The Balaban J connectivity index is 1.95. The maximum Gasteiger partial charge on any atom is 0.404 e. The van der Waals surface area contributed by atoms with Crippen LogP contribution in [0.3, 0.4) is 0 Å². The van der Waals surface area contributed by atoms with Crippen molar-refractivity contribution in [1.29, 1.82) is 5.26 Å². The van der Waals surface area contributed by atoms with Crippen LogP contribution in [0.25, 0.3) is 11.0 Å². The summed E-state index contributed by atoms with van der Waals surface area (Å²) in [5, 5.41) is 20.6. The van der Waals surface area contributed by atoms with Gasteiger partial charge in [-0.05, 0) is 24.5 Å². The number of fused-ring (bicyclic) bond motifs is 1. The average Bonchev–Trinajstić information content (AvgIpc) is 2.94. The molecule has 1 aliphatic rings. The molecule has 0 bridgehead atoms. The van der Waals surface area contributed by atoms with Gasteiger partial charge in [0.2, 0.25) is 0 Å². The first-order chi connectivity index (χ1) is 10.6. The summed E-state index contributed by atoms with van der Waals surface area (Å²) in [5.74, 6) is 0.364. The number of nitriles is 1. The van der Waals surface area contributed by atoms with E-state index in [1.54, 1.807) is 6.07 Å². The fourth-order valence-electron chi connectivity index (χ4n) is 3.03. The highest BCUT2D eigenvalue weighted by Crippen LogP contribution is 2.31. The second kappa shape index (κ2) is 5.77. The number of benzene rings is 1. The van der Waals surface area contributed by atoms with Gasteiger partial charge in [-0.25, -0.2) is 4.79 Å². The number of nitrogens with zero attached hydrogens (tertiary/aromatic N) is 4. The standard InChI is InChI=1S/C14H15N5O2S/c1-8-4-10(16-14(20)21)7-19(6-8)11-3-2-9(5-15)12-13(11)18-22-17-12/h2-3,8,10,16H,4,6-7H2,1H3,(H,20,21)/t8-,10+/m0/s1. The predicted molar refractivity (Wildman–Crippen MR) is 83.1 cm³/mol. The summed E-state index contributed by atoms with van der Waals surface area (Å²) in [4.78, 5) is 13.0.